The van der Waals surface area contributed by atoms with Crippen LogP contribution in [-0.2, 0) is 0 Å². The van der Waals surface area contributed by atoms with Gasteiger partial charge in [0.05, 0.1) is 23.4 Å². The van der Waals surface area contributed by atoms with Crippen molar-refractivity contribution in [2.45, 2.75) is 0 Å². The van der Waals surface area contributed by atoms with Crippen LogP contribution in [0.25, 0.3) is 0 Å². The van der Waals surface area contributed by atoms with Crippen molar-refractivity contribution in [3.63, 3.8) is 0 Å². The second-order valence-electron chi connectivity index (χ2n) is 3.96. The first-order valence-electron chi connectivity index (χ1n) is 5.64. The number of nitrogens with one attached hydrogen (secondary N) is 1. The maximum Gasteiger partial charge on any atom is 0.258 e. The average molecular weight is 296 g/mol. The van der Waals surface area contributed by atoms with Gasteiger partial charge in [-0.25, -0.2) is 4.39 Å². The molecule has 2 aromatic rings. The van der Waals surface area contributed by atoms with Crippen molar-refractivity contribution >= 4 is 23.2 Å². The number of amides is 1. The predicted molar refractivity (Wildman–Crippen MR) is 74.0 cm³/mol. The highest BCUT2D eigenvalue weighted by atomic mass is 35.5. The summed E-state index contributed by atoms with van der Waals surface area (Å²) in [5, 5.41) is 11.9. The second kappa shape index (κ2) is 5.79. The lowest BCUT2D eigenvalue weighted by Crippen LogP contribution is -2.14. The Kier molecular flexibility index (Phi) is 4.10. The standard InChI is InChI=1S/C14H11ClFNO3/c1-20-9-3-5-11(15)13(7-9)17-14(19)10-4-2-8(18)6-12(10)16/h2-7,18H,1H3,(H,17,19). The van der Waals surface area contributed by atoms with E-state index in [2.05, 4.69) is 5.32 Å². The number of carbonyl (C=O) groups excluding carboxylic acids is 1. The molecule has 0 radical (unpaired) electrons. The number of aromatic hydroxyl groups is 1. The summed E-state index contributed by atoms with van der Waals surface area (Å²) in [6, 6.07) is 8.00. The van der Waals surface area contributed by atoms with Crippen LogP contribution in [0.1, 0.15) is 10.4 Å². The Morgan fingerprint density at radius 2 is 2.05 bits per heavy atom. The highest BCUT2D eigenvalue weighted by Crippen LogP contribution is 2.27. The fourth-order valence-corrected chi connectivity index (χ4v) is 1.77. The monoisotopic (exact) mass is 295 g/mol. The van der Waals surface area contributed by atoms with Crippen molar-refractivity contribution < 1.29 is 19.0 Å². The normalized spacial score (nSPS) is 10.2. The van der Waals surface area contributed by atoms with Crippen LogP contribution in [0.5, 0.6) is 11.5 Å². The summed E-state index contributed by atoms with van der Waals surface area (Å²) in [6.07, 6.45) is 0. The Hall–Kier alpha value is -2.27. The van der Waals surface area contributed by atoms with Gasteiger partial charge in [-0.1, -0.05) is 11.6 Å². The van der Waals surface area contributed by atoms with Crippen LogP contribution >= 0.6 is 11.6 Å². The molecule has 0 heterocycles. The van der Waals surface area contributed by atoms with Gasteiger partial charge in [0.15, 0.2) is 0 Å². The summed E-state index contributed by atoms with van der Waals surface area (Å²) in [4.78, 5) is 12.0. The fraction of sp³-hybridized carbons (Fsp3) is 0.0714. The molecule has 0 spiro atoms. The summed E-state index contributed by atoms with van der Waals surface area (Å²) < 4.78 is 18.6. The van der Waals surface area contributed by atoms with E-state index in [1.165, 1.54) is 25.3 Å². The minimum atomic E-state index is -0.818. The smallest absolute Gasteiger partial charge is 0.258 e. The minimum Gasteiger partial charge on any atom is -0.508 e. The number of halogens is 2. The van der Waals surface area contributed by atoms with Crippen molar-refractivity contribution in [3.05, 3.63) is 52.8 Å². The van der Waals surface area contributed by atoms with Crippen LogP contribution in [0, 0.1) is 5.82 Å². The zero-order chi connectivity index (χ0) is 14.7. The molecule has 2 rings (SSSR count). The number of benzene rings is 2. The van der Waals surface area contributed by atoms with Crippen molar-refractivity contribution in [3.8, 4) is 11.5 Å². The van der Waals surface area contributed by atoms with E-state index in [0.717, 1.165) is 6.07 Å². The molecule has 4 nitrogen and oxygen atoms in total. The van der Waals surface area contributed by atoms with Crippen molar-refractivity contribution in [1.82, 2.24) is 0 Å². The van der Waals surface area contributed by atoms with E-state index in [9.17, 15) is 9.18 Å². The summed E-state index contributed by atoms with van der Waals surface area (Å²) in [5.74, 6) is -1.23. The van der Waals surface area contributed by atoms with E-state index in [1.807, 2.05) is 0 Å². The number of carbonyl (C=O) groups is 1. The molecule has 0 unspecified atom stereocenters. The maximum absolute atomic E-state index is 13.6. The third-order valence-electron chi connectivity index (χ3n) is 2.62. The van der Waals surface area contributed by atoms with Gasteiger partial charge in [0.1, 0.15) is 17.3 Å². The molecule has 2 N–H and O–H groups in total. The third-order valence-corrected chi connectivity index (χ3v) is 2.95. The van der Waals surface area contributed by atoms with Gasteiger partial charge in [-0.05, 0) is 24.3 Å². The number of hydrogen-bond acceptors (Lipinski definition) is 3. The van der Waals surface area contributed by atoms with Crippen LogP contribution in [0.15, 0.2) is 36.4 Å². The summed E-state index contributed by atoms with van der Waals surface area (Å²) in [7, 11) is 1.48. The number of methoxy groups -OCH3 is 1. The van der Waals surface area contributed by atoms with Gasteiger partial charge in [0, 0.05) is 12.1 Å². The van der Waals surface area contributed by atoms with Crippen LogP contribution in [0.4, 0.5) is 10.1 Å². The lowest BCUT2D eigenvalue weighted by Gasteiger charge is -2.09. The third kappa shape index (κ3) is 3.00. The molecule has 0 aliphatic rings. The zero-order valence-electron chi connectivity index (χ0n) is 10.5. The molecular weight excluding hydrogens is 285 g/mol. The number of ether oxygens (including phenoxy) is 1. The van der Waals surface area contributed by atoms with Crippen LogP contribution in [0.2, 0.25) is 5.02 Å². The fourth-order valence-electron chi connectivity index (χ4n) is 1.60. The number of phenols is 1. The predicted octanol–water partition coefficient (Wildman–Crippen LogP) is 3.45. The molecule has 20 heavy (non-hydrogen) atoms. The van der Waals surface area contributed by atoms with E-state index >= 15 is 0 Å². The number of phenolic OH excluding ortho intramolecular Hbond substituents is 1. The van der Waals surface area contributed by atoms with Crippen molar-refractivity contribution in [2.24, 2.45) is 0 Å². The Morgan fingerprint density at radius 3 is 2.70 bits per heavy atom. The molecule has 1 amide bonds. The Bertz CT molecular complexity index is 661. The summed E-state index contributed by atoms with van der Waals surface area (Å²) >= 11 is 5.95. The molecule has 104 valence electrons. The lowest BCUT2D eigenvalue weighted by molar-refractivity contribution is 0.102. The van der Waals surface area contributed by atoms with Crippen molar-refractivity contribution in [2.75, 3.05) is 12.4 Å². The second-order valence-corrected chi connectivity index (χ2v) is 4.37. The van der Waals surface area contributed by atoms with Gasteiger partial charge >= 0.3 is 0 Å². The minimum absolute atomic E-state index is 0.193. The molecular formula is C14H11ClFNO3. The van der Waals surface area contributed by atoms with Gasteiger partial charge in [0.2, 0.25) is 0 Å². The molecule has 0 atom stereocenters. The maximum atomic E-state index is 13.6. The molecule has 2 aromatic carbocycles. The Labute approximate surface area is 119 Å². The van der Waals surface area contributed by atoms with E-state index in [4.69, 9.17) is 21.4 Å². The number of anilines is 1. The molecule has 0 aromatic heterocycles. The molecule has 6 heteroatoms. The molecule has 0 saturated carbocycles. The van der Waals surface area contributed by atoms with E-state index < -0.39 is 11.7 Å². The van der Waals surface area contributed by atoms with E-state index in [-0.39, 0.29) is 11.3 Å². The molecule has 0 bridgehead atoms. The first-order valence-corrected chi connectivity index (χ1v) is 6.02. The quantitative estimate of drug-likeness (QED) is 0.912. The number of hydrogen-bond donors (Lipinski definition) is 2. The van der Waals surface area contributed by atoms with Crippen LogP contribution in [-0.4, -0.2) is 18.1 Å². The first-order chi connectivity index (χ1) is 9.51. The average Bonchev–Trinajstić information content (AvgIpc) is 2.41. The first kappa shape index (κ1) is 14.1. The summed E-state index contributed by atoms with van der Waals surface area (Å²) in [5.41, 5.74) is 0.116. The highest BCUT2D eigenvalue weighted by Gasteiger charge is 2.14. The summed E-state index contributed by atoms with van der Waals surface area (Å²) in [6.45, 7) is 0. The van der Waals surface area contributed by atoms with Gasteiger partial charge < -0.3 is 15.2 Å². The molecule has 0 saturated heterocycles. The highest BCUT2D eigenvalue weighted by molar-refractivity contribution is 6.34. The van der Waals surface area contributed by atoms with Gasteiger partial charge in [-0.3, -0.25) is 4.79 Å². The Balaban J connectivity index is 2.27. The van der Waals surface area contributed by atoms with E-state index in [0.29, 0.717) is 16.5 Å². The van der Waals surface area contributed by atoms with Gasteiger partial charge in [-0.2, -0.15) is 0 Å². The molecule has 0 aliphatic heterocycles. The van der Waals surface area contributed by atoms with Crippen LogP contribution in [0.3, 0.4) is 0 Å². The lowest BCUT2D eigenvalue weighted by atomic mass is 10.2. The SMILES string of the molecule is COc1ccc(Cl)c(NC(=O)c2ccc(O)cc2F)c1. The van der Waals surface area contributed by atoms with Gasteiger partial charge in [-0.15, -0.1) is 0 Å². The zero-order valence-corrected chi connectivity index (χ0v) is 11.2. The Morgan fingerprint density at radius 1 is 1.30 bits per heavy atom. The van der Waals surface area contributed by atoms with E-state index in [1.54, 1.807) is 12.1 Å². The largest absolute Gasteiger partial charge is 0.508 e. The molecule has 0 aliphatic carbocycles. The number of rotatable bonds is 3. The van der Waals surface area contributed by atoms with Gasteiger partial charge in [0.25, 0.3) is 5.91 Å². The molecule has 0 fully saturated rings. The topological polar surface area (TPSA) is 58.6 Å². The van der Waals surface area contributed by atoms with Crippen molar-refractivity contribution in [1.29, 1.82) is 0 Å². The van der Waals surface area contributed by atoms with Crippen LogP contribution < -0.4 is 10.1 Å².